The van der Waals surface area contributed by atoms with Crippen LogP contribution in [-0.4, -0.2) is 27.7 Å². The minimum atomic E-state index is -0.885. The summed E-state index contributed by atoms with van der Waals surface area (Å²) in [5.41, 5.74) is -1.53. The SMILES string of the molecule is CC(C)(O)[C@H]1C[C@H](O)[C@@]2(C)C3CC[C@]2(C)C(=O)[C@@H]31. The van der Waals surface area contributed by atoms with Gasteiger partial charge in [0.15, 0.2) is 0 Å². The molecular formula is C15H24O3. The quantitative estimate of drug-likeness (QED) is 0.747. The first kappa shape index (κ1) is 12.6. The van der Waals surface area contributed by atoms with E-state index in [1.54, 1.807) is 13.8 Å². The van der Waals surface area contributed by atoms with Gasteiger partial charge in [0.1, 0.15) is 5.78 Å². The van der Waals surface area contributed by atoms with Gasteiger partial charge in [-0.3, -0.25) is 4.79 Å². The largest absolute Gasteiger partial charge is 0.393 e. The highest BCUT2D eigenvalue weighted by Gasteiger charge is 2.75. The number of hydrogen-bond donors (Lipinski definition) is 2. The summed E-state index contributed by atoms with van der Waals surface area (Å²) in [6.45, 7) is 7.67. The first-order valence-corrected chi connectivity index (χ1v) is 7.09. The number of hydrogen-bond acceptors (Lipinski definition) is 3. The van der Waals surface area contributed by atoms with Crippen LogP contribution in [0.25, 0.3) is 0 Å². The molecule has 3 aliphatic carbocycles. The molecule has 18 heavy (non-hydrogen) atoms. The van der Waals surface area contributed by atoms with Gasteiger partial charge < -0.3 is 10.2 Å². The monoisotopic (exact) mass is 252 g/mol. The van der Waals surface area contributed by atoms with Crippen LogP contribution in [-0.2, 0) is 4.79 Å². The standard InChI is InChI=1S/C15H24O3/c1-13(2,18)9-7-10(16)15(4)8-5-6-14(15,3)12(17)11(8)9/h8-11,16,18H,5-7H2,1-4H3/t8?,9-,10-,11-,14+,15+/m0/s1. The van der Waals surface area contributed by atoms with Crippen LogP contribution >= 0.6 is 0 Å². The molecule has 3 saturated carbocycles. The normalized spacial score (nSPS) is 55.1. The van der Waals surface area contributed by atoms with Gasteiger partial charge in [-0.05, 0) is 44.9 Å². The van der Waals surface area contributed by atoms with E-state index in [0.717, 1.165) is 12.8 Å². The fourth-order valence-corrected chi connectivity index (χ4v) is 5.35. The zero-order chi connectivity index (χ0) is 13.5. The molecule has 0 aromatic rings. The predicted octanol–water partition coefficient (Wildman–Crippen LogP) is 1.76. The number of aliphatic hydroxyl groups is 2. The molecule has 3 fully saturated rings. The van der Waals surface area contributed by atoms with E-state index in [4.69, 9.17) is 0 Å². The summed E-state index contributed by atoms with van der Waals surface area (Å²) in [6.07, 6.45) is 2.02. The highest BCUT2D eigenvalue weighted by Crippen LogP contribution is 2.72. The van der Waals surface area contributed by atoms with Gasteiger partial charge in [0, 0.05) is 16.7 Å². The van der Waals surface area contributed by atoms with Crippen molar-refractivity contribution in [2.45, 2.75) is 58.7 Å². The van der Waals surface area contributed by atoms with Crippen LogP contribution < -0.4 is 0 Å². The molecule has 102 valence electrons. The molecule has 0 saturated heterocycles. The lowest BCUT2D eigenvalue weighted by atomic mass is 9.59. The van der Waals surface area contributed by atoms with Crippen LogP contribution in [0.15, 0.2) is 0 Å². The Hall–Kier alpha value is -0.410. The predicted molar refractivity (Wildman–Crippen MR) is 67.8 cm³/mol. The van der Waals surface area contributed by atoms with Crippen molar-refractivity contribution in [2.24, 2.45) is 28.6 Å². The molecule has 0 aromatic carbocycles. The Morgan fingerprint density at radius 3 is 2.50 bits per heavy atom. The summed E-state index contributed by atoms with van der Waals surface area (Å²) in [7, 11) is 0. The summed E-state index contributed by atoms with van der Waals surface area (Å²) in [4.78, 5) is 12.8. The molecule has 2 N–H and O–H groups in total. The topological polar surface area (TPSA) is 57.5 Å². The lowest BCUT2D eigenvalue weighted by molar-refractivity contribution is -0.136. The summed E-state index contributed by atoms with van der Waals surface area (Å²) in [6, 6.07) is 0. The fraction of sp³-hybridized carbons (Fsp3) is 0.933. The molecule has 3 heteroatoms. The fourth-order valence-electron chi connectivity index (χ4n) is 5.35. The first-order chi connectivity index (χ1) is 8.14. The zero-order valence-electron chi connectivity index (χ0n) is 11.7. The molecular weight excluding hydrogens is 228 g/mol. The maximum atomic E-state index is 12.8. The van der Waals surface area contributed by atoms with E-state index in [2.05, 4.69) is 6.92 Å². The molecule has 0 aliphatic heterocycles. The second kappa shape index (κ2) is 3.18. The molecule has 1 unspecified atom stereocenters. The molecule has 4 bridgehead atoms. The van der Waals surface area contributed by atoms with Crippen LogP contribution in [0.5, 0.6) is 0 Å². The maximum Gasteiger partial charge on any atom is 0.143 e. The molecule has 0 aromatic heterocycles. The Bertz CT molecular complexity index is 408. The third kappa shape index (κ3) is 1.11. The molecule has 0 radical (unpaired) electrons. The third-order valence-corrected chi connectivity index (χ3v) is 6.70. The van der Waals surface area contributed by atoms with Crippen LogP contribution in [0.2, 0.25) is 0 Å². The molecule has 0 heterocycles. The van der Waals surface area contributed by atoms with Crippen LogP contribution in [0.4, 0.5) is 0 Å². The molecule has 3 rings (SSSR count). The molecule has 3 aliphatic rings. The van der Waals surface area contributed by atoms with Gasteiger partial charge in [-0.2, -0.15) is 0 Å². The van der Waals surface area contributed by atoms with Crippen LogP contribution in [0.3, 0.4) is 0 Å². The number of rotatable bonds is 1. The minimum absolute atomic E-state index is 0.0443. The third-order valence-electron chi connectivity index (χ3n) is 6.70. The van der Waals surface area contributed by atoms with Crippen LogP contribution in [0, 0.1) is 28.6 Å². The van der Waals surface area contributed by atoms with Gasteiger partial charge in [-0.1, -0.05) is 13.8 Å². The maximum absolute atomic E-state index is 12.8. The Morgan fingerprint density at radius 1 is 1.33 bits per heavy atom. The highest BCUT2D eigenvalue weighted by atomic mass is 16.3. The lowest BCUT2D eigenvalue weighted by Crippen LogP contribution is -2.51. The molecule has 0 spiro atoms. The van der Waals surface area contributed by atoms with Gasteiger partial charge in [0.05, 0.1) is 11.7 Å². The molecule has 0 amide bonds. The Kier molecular flexibility index (Phi) is 2.23. The number of carbonyl (C=O) groups is 1. The number of carbonyl (C=O) groups excluding carboxylic acids is 1. The number of aliphatic hydroxyl groups excluding tert-OH is 1. The highest BCUT2D eigenvalue weighted by molar-refractivity contribution is 5.92. The second-order valence-electron chi connectivity index (χ2n) is 7.66. The number of ketones is 1. The zero-order valence-corrected chi connectivity index (χ0v) is 11.7. The van der Waals surface area contributed by atoms with E-state index >= 15 is 0 Å². The Morgan fingerprint density at radius 2 is 1.94 bits per heavy atom. The van der Waals surface area contributed by atoms with E-state index < -0.39 is 11.7 Å². The first-order valence-electron chi connectivity index (χ1n) is 7.09. The summed E-state index contributed by atoms with van der Waals surface area (Å²) >= 11 is 0. The Balaban J connectivity index is 2.12. The van der Waals surface area contributed by atoms with E-state index in [1.165, 1.54) is 0 Å². The number of Topliss-reactive ketones (excluding diaryl/α,β-unsaturated/α-hetero) is 1. The average molecular weight is 252 g/mol. The van der Waals surface area contributed by atoms with Crippen molar-refractivity contribution in [2.75, 3.05) is 0 Å². The van der Waals surface area contributed by atoms with Gasteiger partial charge in [-0.25, -0.2) is 0 Å². The summed E-state index contributed by atoms with van der Waals surface area (Å²) < 4.78 is 0. The van der Waals surface area contributed by atoms with E-state index in [1.807, 2.05) is 6.92 Å². The molecule has 3 nitrogen and oxygen atoms in total. The van der Waals surface area contributed by atoms with Crippen molar-refractivity contribution in [3.8, 4) is 0 Å². The molecule has 6 atom stereocenters. The minimum Gasteiger partial charge on any atom is -0.393 e. The summed E-state index contributed by atoms with van der Waals surface area (Å²) in [5.74, 6) is 0.414. The van der Waals surface area contributed by atoms with Crippen molar-refractivity contribution in [3.05, 3.63) is 0 Å². The van der Waals surface area contributed by atoms with E-state index in [9.17, 15) is 15.0 Å². The van der Waals surface area contributed by atoms with Crippen molar-refractivity contribution in [1.29, 1.82) is 0 Å². The van der Waals surface area contributed by atoms with Gasteiger partial charge >= 0.3 is 0 Å². The van der Waals surface area contributed by atoms with Gasteiger partial charge in [0.25, 0.3) is 0 Å². The lowest BCUT2D eigenvalue weighted by Gasteiger charge is -2.48. The Labute approximate surface area is 109 Å². The van der Waals surface area contributed by atoms with Crippen molar-refractivity contribution in [3.63, 3.8) is 0 Å². The van der Waals surface area contributed by atoms with Gasteiger partial charge in [-0.15, -0.1) is 0 Å². The van der Waals surface area contributed by atoms with E-state index in [-0.39, 0.29) is 28.6 Å². The van der Waals surface area contributed by atoms with Crippen LogP contribution in [0.1, 0.15) is 47.0 Å². The van der Waals surface area contributed by atoms with Crippen molar-refractivity contribution >= 4 is 5.78 Å². The second-order valence-corrected chi connectivity index (χ2v) is 7.66. The smallest absolute Gasteiger partial charge is 0.143 e. The summed E-state index contributed by atoms with van der Waals surface area (Å²) in [5, 5.41) is 20.9. The van der Waals surface area contributed by atoms with Crippen molar-refractivity contribution < 1.29 is 15.0 Å². The van der Waals surface area contributed by atoms with Crippen molar-refractivity contribution in [1.82, 2.24) is 0 Å². The average Bonchev–Trinajstić information content (AvgIpc) is 2.58. The van der Waals surface area contributed by atoms with E-state index in [0.29, 0.717) is 12.2 Å². The van der Waals surface area contributed by atoms with Gasteiger partial charge in [0.2, 0.25) is 0 Å².